The number of hydrogen-bond acceptors (Lipinski definition) is 1. The van der Waals surface area contributed by atoms with Crippen LogP contribution >= 0.6 is 0 Å². The van der Waals surface area contributed by atoms with Gasteiger partial charge in [-0.15, -0.1) is 0 Å². The first-order chi connectivity index (χ1) is 9.54. The van der Waals surface area contributed by atoms with Crippen LogP contribution in [0.5, 0.6) is 0 Å². The lowest BCUT2D eigenvalue weighted by atomic mass is 9.89. The molecule has 0 atom stereocenters. The van der Waals surface area contributed by atoms with Crippen molar-refractivity contribution in [3.8, 4) is 0 Å². The van der Waals surface area contributed by atoms with E-state index in [1.165, 1.54) is 32.3 Å². The molecule has 1 N–H and O–H groups in total. The van der Waals surface area contributed by atoms with E-state index in [0.717, 1.165) is 5.56 Å². The van der Waals surface area contributed by atoms with Crippen LogP contribution < -0.4 is 0 Å². The van der Waals surface area contributed by atoms with Crippen LogP contribution in [0.4, 0.5) is 0 Å². The van der Waals surface area contributed by atoms with Crippen LogP contribution in [0.2, 0.25) is 0 Å². The summed E-state index contributed by atoms with van der Waals surface area (Å²) in [5.41, 5.74) is 0.146. The highest BCUT2D eigenvalue weighted by Gasteiger charge is 2.18. The average Bonchev–Trinajstić information content (AvgIpc) is 2.43. The molecule has 0 bridgehead atoms. The van der Waals surface area contributed by atoms with Gasteiger partial charge in [0.2, 0.25) is 0 Å². The number of rotatable bonds is 1. The Labute approximate surface area is 117 Å². The Hall–Kier alpha value is -2.12. The van der Waals surface area contributed by atoms with E-state index in [4.69, 9.17) is 0 Å². The molecule has 1 nitrogen and oxygen atoms in total. The van der Waals surface area contributed by atoms with Gasteiger partial charge in [-0.3, -0.25) is 0 Å². The second-order valence-corrected chi connectivity index (χ2v) is 6.07. The first-order valence-corrected chi connectivity index (χ1v) is 6.94. The van der Waals surface area contributed by atoms with E-state index in [1.807, 2.05) is 13.8 Å². The van der Waals surface area contributed by atoms with Crippen molar-refractivity contribution >= 4 is 32.3 Å². The maximum atomic E-state index is 10.3. The van der Waals surface area contributed by atoms with Gasteiger partial charge in [-0.1, -0.05) is 42.5 Å². The summed E-state index contributed by atoms with van der Waals surface area (Å²) in [6, 6.07) is 19.3. The largest absolute Gasteiger partial charge is 0.386 e. The quantitative estimate of drug-likeness (QED) is 0.487. The van der Waals surface area contributed by atoms with Crippen molar-refractivity contribution in [2.45, 2.75) is 19.4 Å². The van der Waals surface area contributed by atoms with Crippen molar-refractivity contribution < 1.29 is 5.11 Å². The van der Waals surface area contributed by atoms with Gasteiger partial charge in [0.15, 0.2) is 0 Å². The van der Waals surface area contributed by atoms with E-state index in [1.54, 1.807) is 0 Å². The molecule has 0 saturated carbocycles. The van der Waals surface area contributed by atoms with Gasteiger partial charge in [0, 0.05) is 0 Å². The third-order valence-corrected chi connectivity index (χ3v) is 4.17. The van der Waals surface area contributed by atoms with E-state index in [9.17, 15) is 5.11 Å². The van der Waals surface area contributed by atoms with Gasteiger partial charge in [0.05, 0.1) is 5.60 Å². The second-order valence-electron chi connectivity index (χ2n) is 6.07. The maximum Gasteiger partial charge on any atom is 0.0840 e. The summed E-state index contributed by atoms with van der Waals surface area (Å²) < 4.78 is 0. The van der Waals surface area contributed by atoms with E-state index in [-0.39, 0.29) is 0 Å². The Morgan fingerprint density at radius 1 is 0.700 bits per heavy atom. The summed E-state index contributed by atoms with van der Waals surface area (Å²) in [6.45, 7) is 3.67. The normalized spacial score (nSPS) is 12.8. The summed E-state index contributed by atoms with van der Waals surface area (Å²) >= 11 is 0. The predicted molar refractivity (Wildman–Crippen MR) is 85.4 cm³/mol. The van der Waals surface area contributed by atoms with E-state index < -0.39 is 5.60 Å². The third-order valence-electron chi connectivity index (χ3n) is 4.17. The highest BCUT2D eigenvalue weighted by Crippen LogP contribution is 2.36. The van der Waals surface area contributed by atoms with Crippen molar-refractivity contribution in [3.63, 3.8) is 0 Å². The fourth-order valence-electron chi connectivity index (χ4n) is 3.11. The summed E-state index contributed by atoms with van der Waals surface area (Å²) in [5, 5.41) is 17.8. The molecule has 0 aliphatic carbocycles. The standard InChI is InChI=1S/C19H16O/c1-19(2,20)16-10-14-8-6-12-4-3-5-13-7-9-15(11-16)18(14)17(12)13/h3-11,20H,1-2H3. The molecule has 0 aliphatic heterocycles. The van der Waals surface area contributed by atoms with Gasteiger partial charge in [0.1, 0.15) is 0 Å². The maximum absolute atomic E-state index is 10.3. The molecule has 20 heavy (non-hydrogen) atoms. The van der Waals surface area contributed by atoms with Crippen LogP contribution in [0.25, 0.3) is 32.3 Å². The Kier molecular flexibility index (Phi) is 2.17. The molecule has 0 heterocycles. The van der Waals surface area contributed by atoms with Gasteiger partial charge in [-0.25, -0.2) is 0 Å². The lowest BCUT2D eigenvalue weighted by molar-refractivity contribution is 0.0788. The fourth-order valence-corrected chi connectivity index (χ4v) is 3.11. The van der Waals surface area contributed by atoms with Crippen molar-refractivity contribution in [2.24, 2.45) is 0 Å². The second kappa shape index (κ2) is 3.71. The molecule has 98 valence electrons. The van der Waals surface area contributed by atoms with Crippen molar-refractivity contribution in [1.29, 1.82) is 0 Å². The molecule has 1 heteroatoms. The minimum Gasteiger partial charge on any atom is -0.386 e. The molecule has 0 spiro atoms. The fraction of sp³-hybridized carbons (Fsp3) is 0.158. The molecule has 0 aliphatic rings. The number of benzene rings is 4. The first kappa shape index (κ1) is 11.7. The van der Waals surface area contributed by atoms with Crippen molar-refractivity contribution in [1.82, 2.24) is 0 Å². The first-order valence-electron chi connectivity index (χ1n) is 6.94. The smallest absolute Gasteiger partial charge is 0.0840 e. The molecule has 0 amide bonds. The Balaban J connectivity index is 2.25. The molecule has 0 saturated heterocycles. The summed E-state index contributed by atoms with van der Waals surface area (Å²) in [6.07, 6.45) is 0. The topological polar surface area (TPSA) is 20.2 Å². The minimum atomic E-state index is -0.815. The molecule has 4 rings (SSSR count). The SMILES string of the molecule is CC(C)(O)c1cc2ccc3cccc4ccc(c1)c2c34. The predicted octanol–water partition coefficient (Wildman–Crippen LogP) is 4.81. The minimum absolute atomic E-state index is 0.815. The Morgan fingerprint density at radius 3 is 1.65 bits per heavy atom. The van der Waals surface area contributed by atoms with Crippen LogP contribution in [0, 0.1) is 0 Å². The van der Waals surface area contributed by atoms with Crippen LogP contribution in [-0.2, 0) is 5.60 Å². The molecule has 0 unspecified atom stereocenters. The van der Waals surface area contributed by atoms with Crippen LogP contribution in [-0.4, -0.2) is 5.11 Å². The Morgan fingerprint density at radius 2 is 1.15 bits per heavy atom. The lowest BCUT2D eigenvalue weighted by Gasteiger charge is -2.20. The zero-order chi connectivity index (χ0) is 13.9. The molecule has 4 aromatic rings. The van der Waals surface area contributed by atoms with Crippen molar-refractivity contribution in [3.05, 3.63) is 60.2 Å². The van der Waals surface area contributed by atoms with Crippen LogP contribution in [0.1, 0.15) is 19.4 Å². The summed E-state index contributed by atoms with van der Waals surface area (Å²) in [5.74, 6) is 0. The van der Waals surface area contributed by atoms with Gasteiger partial charge in [-0.2, -0.15) is 0 Å². The molecular formula is C19H16O. The average molecular weight is 260 g/mol. The molecule has 0 aromatic heterocycles. The van der Waals surface area contributed by atoms with E-state index in [2.05, 4.69) is 54.6 Å². The Bertz CT molecular complexity index is 865. The highest BCUT2D eigenvalue weighted by atomic mass is 16.3. The molecule has 4 aromatic carbocycles. The van der Waals surface area contributed by atoms with Gasteiger partial charge in [-0.05, 0) is 63.9 Å². The van der Waals surface area contributed by atoms with Crippen LogP contribution in [0.15, 0.2) is 54.6 Å². The molecular weight excluding hydrogens is 244 g/mol. The molecule has 0 radical (unpaired) electrons. The highest BCUT2D eigenvalue weighted by molar-refractivity contribution is 6.23. The number of hydrogen-bond donors (Lipinski definition) is 1. The lowest BCUT2D eigenvalue weighted by Crippen LogP contribution is -2.15. The third kappa shape index (κ3) is 1.53. The van der Waals surface area contributed by atoms with Gasteiger partial charge in [0.25, 0.3) is 0 Å². The molecule has 0 fully saturated rings. The van der Waals surface area contributed by atoms with Crippen molar-refractivity contribution in [2.75, 3.05) is 0 Å². The van der Waals surface area contributed by atoms with E-state index >= 15 is 0 Å². The number of aliphatic hydroxyl groups is 1. The monoisotopic (exact) mass is 260 g/mol. The summed E-state index contributed by atoms with van der Waals surface area (Å²) in [7, 11) is 0. The zero-order valence-corrected chi connectivity index (χ0v) is 11.6. The van der Waals surface area contributed by atoms with Gasteiger partial charge >= 0.3 is 0 Å². The zero-order valence-electron chi connectivity index (χ0n) is 11.6. The van der Waals surface area contributed by atoms with E-state index in [0.29, 0.717) is 0 Å². The van der Waals surface area contributed by atoms with Crippen LogP contribution in [0.3, 0.4) is 0 Å². The summed E-state index contributed by atoms with van der Waals surface area (Å²) in [4.78, 5) is 0. The van der Waals surface area contributed by atoms with Gasteiger partial charge < -0.3 is 5.11 Å².